The van der Waals surface area contributed by atoms with Crippen LogP contribution in [0.1, 0.15) is 111 Å². The number of rotatable bonds is 24. The number of nitrogens with one attached hydrogen (secondary N) is 1. The van der Waals surface area contributed by atoms with Crippen molar-refractivity contribution in [2.24, 2.45) is 5.92 Å². The number of carbonyl (C=O) groups is 3. The van der Waals surface area contributed by atoms with Crippen molar-refractivity contribution in [2.45, 2.75) is 123 Å². The van der Waals surface area contributed by atoms with E-state index in [1.54, 1.807) is 0 Å². The van der Waals surface area contributed by atoms with Gasteiger partial charge in [0.05, 0.1) is 12.5 Å². The molecule has 1 amide bonds. The summed E-state index contributed by atoms with van der Waals surface area (Å²) in [5.41, 5.74) is 7.07. The van der Waals surface area contributed by atoms with Gasteiger partial charge in [0.15, 0.2) is 0 Å². The maximum Gasteiger partial charge on any atom is 0.326 e. The summed E-state index contributed by atoms with van der Waals surface area (Å²) in [7, 11) is 0. The van der Waals surface area contributed by atoms with Crippen molar-refractivity contribution in [1.82, 2.24) is 5.32 Å². The molecule has 0 radical (unpaired) electrons. The zero-order valence-corrected chi connectivity index (χ0v) is 26.6. The molecule has 8 nitrogen and oxygen atoms in total. The minimum Gasteiger partial charge on any atom is -0.544 e. The lowest BCUT2D eigenvalue weighted by Crippen LogP contribution is -2.68. The molecule has 8 heteroatoms. The minimum absolute atomic E-state index is 0.159. The van der Waals surface area contributed by atoms with Gasteiger partial charge in [0, 0.05) is 12.8 Å². The van der Waals surface area contributed by atoms with Crippen molar-refractivity contribution in [1.29, 1.82) is 0 Å². The van der Waals surface area contributed by atoms with Crippen LogP contribution in [0.3, 0.4) is 0 Å². The molecule has 0 aliphatic rings. The van der Waals surface area contributed by atoms with Gasteiger partial charge in [-0.25, -0.2) is 4.79 Å². The summed E-state index contributed by atoms with van der Waals surface area (Å²) in [6.45, 7) is 6.92. The number of carbonyl (C=O) groups excluding carboxylic acids is 2. The highest BCUT2D eigenvalue weighted by molar-refractivity contribution is 5.83. The Morgan fingerprint density at radius 3 is 1.76 bits per heavy atom. The van der Waals surface area contributed by atoms with E-state index in [2.05, 4.69) is 84.5 Å². The first-order valence-corrected chi connectivity index (χ1v) is 15.8. The lowest BCUT2D eigenvalue weighted by Gasteiger charge is -2.16. The molecule has 0 fully saturated rings. The van der Waals surface area contributed by atoms with Crippen LogP contribution in [0.2, 0.25) is 0 Å². The van der Waals surface area contributed by atoms with Crippen LogP contribution in [-0.4, -0.2) is 41.6 Å². The van der Waals surface area contributed by atoms with E-state index in [4.69, 9.17) is 0 Å². The monoisotopic (exact) mass is 590 g/mol. The van der Waals surface area contributed by atoms with Crippen molar-refractivity contribution >= 4 is 17.8 Å². The Kier molecular flexibility index (Phi) is 30.4. The van der Waals surface area contributed by atoms with Crippen LogP contribution < -0.4 is 21.9 Å². The van der Waals surface area contributed by atoms with Gasteiger partial charge in [0.25, 0.3) is 0 Å². The predicted octanol–water partition coefficient (Wildman–Crippen LogP) is 4.06. The summed E-state index contributed by atoms with van der Waals surface area (Å²) in [5.74, 6) is -1.93. The van der Waals surface area contributed by atoms with E-state index in [-0.39, 0.29) is 11.8 Å². The Hall–Kier alpha value is -2.97. The van der Waals surface area contributed by atoms with Crippen LogP contribution >= 0.6 is 0 Å². The largest absolute Gasteiger partial charge is 0.544 e. The number of allylic oxidation sites excluding steroid dienone is 10. The van der Waals surface area contributed by atoms with Gasteiger partial charge >= 0.3 is 5.97 Å². The molecule has 0 heterocycles. The fourth-order valence-corrected chi connectivity index (χ4v) is 3.74. The number of carboxylic acid groups (broad SMARTS) is 2. The number of hydrogen-bond acceptors (Lipinski definition) is 4. The maximum atomic E-state index is 11.9. The van der Waals surface area contributed by atoms with Gasteiger partial charge in [-0.3, -0.25) is 4.79 Å². The second-order valence-electron chi connectivity index (χ2n) is 10.8. The molecule has 0 aromatic carbocycles. The van der Waals surface area contributed by atoms with Gasteiger partial charge in [-0.1, -0.05) is 88.0 Å². The van der Waals surface area contributed by atoms with E-state index in [0.717, 1.165) is 77.2 Å². The number of hydrogen-bond donors (Lipinski definition) is 4. The molecule has 0 aromatic heterocycles. The van der Waals surface area contributed by atoms with Crippen LogP contribution in [0.5, 0.6) is 0 Å². The van der Waals surface area contributed by atoms with E-state index < -0.39 is 24.0 Å². The van der Waals surface area contributed by atoms with Gasteiger partial charge in [-0.2, -0.15) is 0 Å². The first-order chi connectivity index (χ1) is 20.1. The van der Waals surface area contributed by atoms with E-state index in [0.29, 0.717) is 19.3 Å². The smallest absolute Gasteiger partial charge is 0.326 e. The van der Waals surface area contributed by atoms with Gasteiger partial charge < -0.3 is 31.8 Å². The second kappa shape index (κ2) is 31.0. The molecule has 2 atom stereocenters. The summed E-state index contributed by atoms with van der Waals surface area (Å²) in [6, 6.07) is -1.32. The molecule has 0 saturated heterocycles. The average molecular weight is 591 g/mol. The zero-order chi connectivity index (χ0) is 31.8. The molecule has 0 spiro atoms. The Morgan fingerprint density at radius 2 is 1.31 bits per heavy atom. The maximum absolute atomic E-state index is 11.9. The highest BCUT2D eigenvalue weighted by atomic mass is 16.4. The second-order valence-corrected chi connectivity index (χ2v) is 10.8. The van der Waals surface area contributed by atoms with Crippen molar-refractivity contribution in [3.8, 4) is 0 Å². The molecular formula is C34H60N3O5+. The zero-order valence-electron chi connectivity index (χ0n) is 26.6. The fraction of sp³-hybridized carbons (Fsp3) is 0.618. The molecule has 0 aliphatic heterocycles. The number of aliphatic carboxylic acids is 2. The molecule has 8 N–H and O–H groups in total. The molecule has 0 aliphatic carbocycles. The molecular weight excluding hydrogens is 530 g/mol. The molecule has 240 valence electrons. The van der Waals surface area contributed by atoms with Gasteiger partial charge in [-0.05, 0) is 76.5 Å². The van der Waals surface area contributed by atoms with Crippen molar-refractivity contribution in [3.05, 3.63) is 60.8 Å². The Morgan fingerprint density at radius 1 is 0.786 bits per heavy atom. The quantitative estimate of drug-likeness (QED) is 0.0983. The third-order valence-corrected chi connectivity index (χ3v) is 6.16. The van der Waals surface area contributed by atoms with Gasteiger partial charge in [0.2, 0.25) is 5.91 Å². The number of amides is 1. The van der Waals surface area contributed by atoms with Crippen LogP contribution in [0.4, 0.5) is 0 Å². The highest BCUT2D eigenvalue weighted by Gasteiger charge is 2.20. The van der Waals surface area contributed by atoms with E-state index in [9.17, 15) is 24.6 Å². The van der Waals surface area contributed by atoms with Crippen LogP contribution in [-0.2, 0) is 14.4 Å². The predicted molar refractivity (Wildman–Crippen MR) is 170 cm³/mol. The highest BCUT2D eigenvalue weighted by Crippen LogP contribution is 2.08. The average Bonchev–Trinajstić information content (AvgIpc) is 2.94. The SMILES string of the molecule is CC/C=C\C/C=C\C/C=C\C/C=C\C/C=C\CCCCCC(=O)N[C@@H](CC(C)C)C(=O)O.[NH3+]CCCC[C@H]([NH3+])C(=O)[O-]. The molecule has 42 heavy (non-hydrogen) atoms. The summed E-state index contributed by atoms with van der Waals surface area (Å²) in [5, 5.41) is 21.9. The Bertz CT molecular complexity index is 831. The first kappa shape index (κ1) is 41.2. The molecule has 0 unspecified atom stereocenters. The first-order valence-electron chi connectivity index (χ1n) is 15.8. The number of unbranched alkanes of at least 4 members (excludes halogenated alkanes) is 4. The van der Waals surface area contributed by atoms with Crippen LogP contribution in [0, 0.1) is 5.92 Å². The molecule has 0 rings (SSSR count). The third-order valence-electron chi connectivity index (χ3n) is 6.16. The fourth-order valence-electron chi connectivity index (χ4n) is 3.74. The van der Waals surface area contributed by atoms with Crippen LogP contribution in [0.15, 0.2) is 60.8 Å². The van der Waals surface area contributed by atoms with Crippen molar-refractivity contribution < 1.29 is 36.1 Å². The molecule has 0 aromatic rings. The number of quaternary nitrogens is 2. The Balaban J connectivity index is 0. The number of carboxylic acids is 2. The molecule has 0 saturated carbocycles. The minimum atomic E-state index is -1.05. The topological polar surface area (TPSA) is 162 Å². The van der Waals surface area contributed by atoms with Crippen molar-refractivity contribution in [2.75, 3.05) is 6.54 Å². The normalized spacial score (nSPS) is 13.4. The van der Waals surface area contributed by atoms with Gasteiger partial charge in [-0.15, -0.1) is 0 Å². The van der Waals surface area contributed by atoms with E-state index in [1.807, 2.05) is 13.8 Å². The van der Waals surface area contributed by atoms with E-state index in [1.165, 1.54) is 0 Å². The third kappa shape index (κ3) is 31.6. The molecule has 0 bridgehead atoms. The lowest BCUT2D eigenvalue weighted by molar-refractivity contribution is -0.439. The van der Waals surface area contributed by atoms with Crippen LogP contribution in [0.25, 0.3) is 0 Å². The van der Waals surface area contributed by atoms with Crippen molar-refractivity contribution in [3.63, 3.8) is 0 Å². The lowest BCUT2D eigenvalue weighted by atomic mass is 10.0. The standard InChI is InChI=1S/C28H45NO3.C6H14N2O2/c1-4-5-6-7-8-9-10-11-12-13-14-15-16-17-18-19-20-21-22-23-27(30)29-26(28(31)32)24-25(2)3;7-4-2-1-3-5(8)6(9)10/h5-6,8-9,11-12,14-15,17-18,25-26H,4,7,10,13,16,19-24H2,1-3H3,(H,29,30)(H,31,32);5H,1-4,7-8H2,(H,9,10)/p+1/b6-5-,9-8-,12-11-,15-14-,18-17-;/t26-;5-/m00/s1. The Labute approximate surface area is 255 Å². The summed E-state index contributed by atoms with van der Waals surface area (Å²) >= 11 is 0. The summed E-state index contributed by atoms with van der Waals surface area (Å²) in [6.07, 6.45) is 34.1. The van der Waals surface area contributed by atoms with Gasteiger partial charge in [0.1, 0.15) is 12.1 Å². The summed E-state index contributed by atoms with van der Waals surface area (Å²) < 4.78 is 0. The van der Waals surface area contributed by atoms with E-state index >= 15 is 0 Å². The summed E-state index contributed by atoms with van der Waals surface area (Å²) in [4.78, 5) is 33.2.